The van der Waals surface area contributed by atoms with Gasteiger partial charge in [-0.2, -0.15) is 4.98 Å². The molecule has 0 saturated carbocycles. The van der Waals surface area contributed by atoms with Crippen LogP contribution in [-0.4, -0.2) is 58.2 Å². The average Bonchev–Trinajstić information content (AvgIpc) is 3.26. The van der Waals surface area contributed by atoms with Gasteiger partial charge in [0.25, 0.3) is 5.89 Å². The van der Waals surface area contributed by atoms with Gasteiger partial charge in [0, 0.05) is 30.4 Å². The van der Waals surface area contributed by atoms with Gasteiger partial charge in [0.2, 0.25) is 5.82 Å². The first kappa shape index (κ1) is 22.7. The number of benzene rings is 1. The van der Waals surface area contributed by atoms with Crippen LogP contribution in [0.3, 0.4) is 0 Å². The summed E-state index contributed by atoms with van der Waals surface area (Å²) < 4.78 is 11.3. The van der Waals surface area contributed by atoms with Crippen LogP contribution < -0.4 is 9.64 Å². The maximum Gasteiger partial charge on any atom is 0.258 e. The molecule has 8 nitrogen and oxygen atoms in total. The van der Waals surface area contributed by atoms with Crippen molar-refractivity contribution in [2.45, 2.75) is 40.2 Å². The van der Waals surface area contributed by atoms with E-state index in [2.05, 4.69) is 26.9 Å². The predicted molar refractivity (Wildman–Crippen MR) is 119 cm³/mol. The van der Waals surface area contributed by atoms with Crippen LogP contribution in [-0.2, 0) is 6.42 Å². The quantitative estimate of drug-likeness (QED) is 0.538. The zero-order chi connectivity index (χ0) is 22.5. The Morgan fingerprint density at radius 1 is 1.10 bits per heavy atom. The molecule has 0 fully saturated rings. The fourth-order valence-corrected chi connectivity index (χ4v) is 3.27. The van der Waals surface area contributed by atoms with Crippen LogP contribution in [0.1, 0.15) is 30.7 Å². The first-order chi connectivity index (χ1) is 14.9. The molecule has 0 aliphatic rings. The van der Waals surface area contributed by atoms with E-state index >= 15 is 0 Å². The van der Waals surface area contributed by atoms with Gasteiger partial charge in [0.05, 0.1) is 6.61 Å². The predicted octanol–water partition coefficient (Wildman–Crippen LogP) is 3.17. The summed E-state index contributed by atoms with van der Waals surface area (Å²) in [5, 5.41) is 22.8. The van der Waals surface area contributed by atoms with Gasteiger partial charge in [-0.1, -0.05) is 12.1 Å². The first-order valence-electron chi connectivity index (χ1n) is 10.5. The fourth-order valence-electron chi connectivity index (χ4n) is 3.27. The lowest BCUT2D eigenvalue weighted by Crippen LogP contribution is -2.22. The summed E-state index contributed by atoms with van der Waals surface area (Å²) in [4.78, 5) is 11.2. The van der Waals surface area contributed by atoms with Crippen LogP contribution in [0.5, 0.6) is 5.75 Å². The van der Waals surface area contributed by atoms with Crippen molar-refractivity contribution in [1.29, 1.82) is 0 Å². The fraction of sp³-hybridized carbons (Fsp3) is 0.435. The van der Waals surface area contributed by atoms with E-state index in [9.17, 15) is 5.11 Å². The molecule has 0 aliphatic heterocycles. The molecule has 2 N–H and O–H groups in total. The molecule has 8 heteroatoms. The SMILES string of the molecule is CCc1cc(-c2noc(-c3cc(C)nc(N(C)CC)c3)n2)cc(C)c1OC[C@H](O)CO. The molecule has 0 amide bonds. The number of aliphatic hydroxyl groups excluding tert-OH is 2. The van der Waals surface area contributed by atoms with E-state index in [-0.39, 0.29) is 13.2 Å². The highest BCUT2D eigenvalue weighted by molar-refractivity contribution is 5.65. The van der Waals surface area contributed by atoms with Gasteiger partial charge >= 0.3 is 0 Å². The van der Waals surface area contributed by atoms with E-state index in [1.165, 1.54) is 0 Å². The monoisotopic (exact) mass is 426 g/mol. The Bertz CT molecular complexity index is 1030. The lowest BCUT2D eigenvalue weighted by molar-refractivity contribution is 0.0531. The second kappa shape index (κ2) is 9.89. The Morgan fingerprint density at radius 2 is 1.87 bits per heavy atom. The third-order valence-electron chi connectivity index (χ3n) is 5.10. The number of anilines is 1. The van der Waals surface area contributed by atoms with Gasteiger partial charge in [-0.3, -0.25) is 0 Å². The molecule has 0 bridgehead atoms. The molecule has 1 aromatic carbocycles. The molecule has 3 rings (SSSR count). The second-order valence-electron chi connectivity index (χ2n) is 7.58. The molecule has 0 radical (unpaired) electrons. The average molecular weight is 427 g/mol. The summed E-state index contributed by atoms with van der Waals surface area (Å²) in [6.45, 7) is 8.51. The van der Waals surface area contributed by atoms with Gasteiger partial charge in [0.1, 0.15) is 24.3 Å². The van der Waals surface area contributed by atoms with Crippen molar-refractivity contribution in [2.75, 3.05) is 31.7 Å². The van der Waals surface area contributed by atoms with E-state index in [1.807, 2.05) is 52.1 Å². The van der Waals surface area contributed by atoms with E-state index in [0.717, 1.165) is 46.7 Å². The summed E-state index contributed by atoms with van der Waals surface area (Å²) >= 11 is 0. The maximum atomic E-state index is 9.59. The summed E-state index contributed by atoms with van der Waals surface area (Å²) in [6, 6.07) is 7.77. The number of ether oxygens (including phenoxy) is 1. The Kier molecular flexibility index (Phi) is 7.25. The van der Waals surface area contributed by atoms with Crippen LogP contribution in [0.25, 0.3) is 22.8 Å². The highest BCUT2D eigenvalue weighted by Crippen LogP contribution is 2.31. The maximum absolute atomic E-state index is 9.59. The zero-order valence-corrected chi connectivity index (χ0v) is 18.7. The molecule has 31 heavy (non-hydrogen) atoms. The number of pyridine rings is 1. The molecular weight excluding hydrogens is 396 g/mol. The number of hydrogen-bond acceptors (Lipinski definition) is 8. The van der Waals surface area contributed by atoms with Crippen molar-refractivity contribution in [1.82, 2.24) is 15.1 Å². The molecule has 1 atom stereocenters. The van der Waals surface area contributed by atoms with Crippen molar-refractivity contribution in [2.24, 2.45) is 0 Å². The Labute approximate surface area is 182 Å². The van der Waals surface area contributed by atoms with Crippen molar-refractivity contribution in [3.05, 3.63) is 41.1 Å². The first-order valence-corrected chi connectivity index (χ1v) is 10.5. The number of aromatic nitrogens is 3. The van der Waals surface area contributed by atoms with Crippen LogP contribution in [0.2, 0.25) is 0 Å². The van der Waals surface area contributed by atoms with Crippen molar-refractivity contribution in [3.8, 4) is 28.6 Å². The third-order valence-corrected chi connectivity index (χ3v) is 5.10. The number of aryl methyl sites for hydroxylation is 3. The van der Waals surface area contributed by atoms with Gasteiger partial charge < -0.3 is 24.4 Å². The van der Waals surface area contributed by atoms with E-state index in [1.54, 1.807) is 0 Å². The second-order valence-corrected chi connectivity index (χ2v) is 7.58. The van der Waals surface area contributed by atoms with Gasteiger partial charge in [-0.15, -0.1) is 0 Å². The van der Waals surface area contributed by atoms with Crippen LogP contribution in [0.15, 0.2) is 28.8 Å². The molecule has 0 spiro atoms. The van der Waals surface area contributed by atoms with Crippen molar-refractivity contribution < 1.29 is 19.5 Å². The summed E-state index contributed by atoms with van der Waals surface area (Å²) in [7, 11) is 1.99. The van der Waals surface area contributed by atoms with Crippen molar-refractivity contribution >= 4 is 5.82 Å². The number of nitrogens with zero attached hydrogens (tertiary/aromatic N) is 4. The molecule has 2 heterocycles. The van der Waals surface area contributed by atoms with Crippen LogP contribution in [0.4, 0.5) is 5.82 Å². The minimum atomic E-state index is -0.913. The summed E-state index contributed by atoms with van der Waals surface area (Å²) in [5.41, 5.74) is 4.40. The topological polar surface area (TPSA) is 105 Å². The number of hydrogen-bond donors (Lipinski definition) is 2. The molecule has 2 aromatic heterocycles. The molecule has 0 aliphatic carbocycles. The summed E-state index contributed by atoms with van der Waals surface area (Å²) in [5.74, 6) is 2.50. The molecule has 3 aromatic rings. The minimum Gasteiger partial charge on any atom is -0.490 e. The molecular formula is C23H30N4O4. The molecule has 0 saturated heterocycles. The van der Waals surface area contributed by atoms with Gasteiger partial charge in [-0.05, 0) is 62.6 Å². The smallest absolute Gasteiger partial charge is 0.258 e. The third kappa shape index (κ3) is 5.21. The lowest BCUT2D eigenvalue weighted by Gasteiger charge is -2.16. The minimum absolute atomic E-state index is 0.0337. The Morgan fingerprint density at radius 3 is 2.55 bits per heavy atom. The summed E-state index contributed by atoms with van der Waals surface area (Å²) in [6.07, 6.45) is -0.177. The highest BCUT2D eigenvalue weighted by Gasteiger charge is 2.17. The number of aliphatic hydroxyl groups is 2. The van der Waals surface area contributed by atoms with E-state index in [4.69, 9.17) is 14.4 Å². The van der Waals surface area contributed by atoms with Crippen molar-refractivity contribution in [3.63, 3.8) is 0 Å². The Balaban J connectivity index is 1.92. The standard InChI is InChI=1S/C23H30N4O4/c1-6-16-10-17(8-14(3)21(16)30-13-19(29)12-28)22-25-23(31-26-22)18-9-15(4)24-20(11-18)27(5)7-2/h8-11,19,28-29H,6-7,12-13H2,1-5H3/t19-/m1/s1. The largest absolute Gasteiger partial charge is 0.490 e. The Hall–Kier alpha value is -2.97. The van der Waals surface area contributed by atoms with E-state index in [0.29, 0.717) is 17.5 Å². The number of rotatable bonds is 9. The molecule has 0 unspecified atom stereocenters. The van der Waals surface area contributed by atoms with Gasteiger partial charge in [-0.25, -0.2) is 4.98 Å². The van der Waals surface area contributed by atoms with Crippen LogP contribution >= 0.6 is 0 Å². The molecule has 166 valence electrons. The lowest BCUT2D eigenvalue weighted by atomic mass is 10.0. The highest BCUT2D eigenvalue weighted by atomic mass is 16.5. The van der Waals surface area contributed by atoms with Crippen LogP contribution in [0, 0.1) is 13.8 Å². The normalized spacial score (nSPS) is 12.1. The van der Waals surface area contributed by atoms with Gasteiger partial charge in [0.15, 0.2) is 0 Å². The zero-order valence-electron chi connectivity index (χ0n) is 18.7. The van der Waals surface area contributed by atoms with E-state index < -0.39 is 6.10 Å².